The molecule has 3 heteroatoms. The zero-order valence-electron chi connectivity index (χ0n) is 7.16. The van der Waals surface area contributed by atoms with E-state index >= 15 is 0 Å². The molecule has 2 rings (SSSR count). The minimum atomic E-state index is -0.440. The molecule has 13 heavy (non-hydrogen) atoms. The van der Waals surface area contributed by atoms with E-state index in [4.69, 9.17) is 0 Å². The van der Waals surface area contributed by atoms with Gasteiger partial charge in [0.1, 0.15) is 5.82 Å². The van der Waals surface area contributed by atoms with E-state index in [2.05, 4.69) is 4.98 Å². The van der Waals surface area contributed by atoms with Gasteiger partial charge in [-0.2, -0.15) is 0 Å². The highest BCUT2D eigenvalue weighted by Crippen LogP contribution is 2.29. The van der Waals surface area contributed by atoms with Crippen molar-refractivity contribution in [3.05, 3.63) is 29.8 Å². The lowest BCUT2D eigenvalue weighted by Gasteiger charge is -2.23. The summed E-state index contributed by atoms with van der Waals surface area (Å²) >= 11 is 0. The molecule has 0 aliphatic heterocycles. The van der Waals surface area contributed by atoms with Gasteiger partial charge in [-0.05, 0) is 18.9 Å². The predicted molar refractivity (Wildman–Crippen MR) is 45.9 cm³/mol. The molecule has 1 aliphatic rings. The second-order valence-electron chi connectivity index (χ2n) is 3.38. The topological polar surface area (TPSA) is 30.0 Å². The van der Waals surface area contributed by atoms with Gasteiger partial charge in [0.25, 0.3) is 0 Å². The molecule has 1 saturated carbocycles. The number of Topliss-reactive ketones (excluding diaryl/α,β-unsaturated/α-hetero) is 1. The first-order valence-electron chi connectivity index (χ1n) is 4.42. The Kier molecular flexibility index (Phi) is 2.08. The second-order valence-corrected chi connectivity index (χ2v) is 3.38. The van der Waals surface area contributed by atoms with Gasteiger partial charge in [0.05, 0.1) is 6.20 Å². The standard InChI is InChI=1S/C10H10FNO/c11-9-4-8(5-12-6-9)10(13)7-2-1-3-7/h4-7H,1-3H2. The molecule has 0 unspecified atom stereocenters. The van der Waals surface area contributed by atoms with Crippen molar-refractivity contribution >= 4 is 5.78 Å². The smallest absolute Gasteiger partial charge is 0.167 e. The second kappa shape index (κ2) is 3.24. The zero-order valence-corrected chi connectivity index (χ0v) is 7.16. The van der Waals surface area contributed by atoms with Crippen molar-refractivity contribution in [1.29, 1.82) is 0 Å². The molecule has 1 fully saturated rings. The average Bonchev–Trinajstić information content (AvgIpc) is 2.01. The van der Waals surface area contributed by atoms with Crippen molar-refractivity contribution in [2.45, 2.75) is 19.3 Å². The van der Waals surface area contributed by atoms with Crippen LogP contribution in [0, 0.1) is 11.7 Å². The Morgan fingerprint density at radius 1 is 1.46 bits per heavy atom. The van der Waals surface area contributed by atoms with Gasteiger partial charge in [0.15, 0.2) is 5.78 Å². The molecule has 0 N–H and O–H groups in total. The maximum absolute atomic E-state index is 12.7. The van der Waals surface area contributed by atoms with E-state index in [0.29, 0.717) is 5.56 Å². The average molecular weight is 179 g/mol. The number of hydrogen-bond acceptors (Lipinski definition) is 2. The number of carbonyl (C=O) groups excluding carboxylic acids is 1. The van der Waals surface area contributed by atoms with Crippen molar-refractivity contribution in [2.24, 2.45) is 5.92 Å². The van der Waals surface area contributed by atoms with Gasteiger partial charge in [-0.3, -0.25) is 9.78 Å². The molecule has 0 amide bonds. The summed E-state index contributed by atoms with van der Waals surface area (Å²) in [6.07, 6.45) is 5.53. The van der Waals surface area contributed by atoms with Crippen LogP contribution < -0.4 is 0 Å². The molecular weight excluding hydrogens is 169 g/mol. The Labute approximate surface area is 75.8 Å². The van der Waals surface area contributed by atoms with E-state index < -0.39 is 5.82 Å². The van der Waals surface area contributed by atoms with Crippen molar-refractivity contribution in [3.8, 4) is 0 Å². The summed E-state index contributed by atoms with van der Waals surface area (Å²) in [5, 5.41) is 0. The Hall–Kier alpha value is -1.25. The van der Waals surface area contributed by atoms with Crippen LogP contribution in [-0.2, 0) is 0 Å². The third-order valence-electron chi connectivity index (χ3n) is 2.47. The largest absolute Gasteiger partial charge is 0.294 e. The fraction of sp³-hybridized carbons (Fsp3) is 0.400. The Bertz CT molecular complexity index is 333. The minimum absolute atomic E-state index is 0.0400. The molecule has 0 atom stereocenters. The van der Waals surface area contributed by atoms with Crippen LogP contribution in [0.25, 0.3) is 0 Å². The SMILES string of the molecule is O=C(c1cncc(F)c1)C1CCC1. The molecule has 0 aromatic carbocycles. The van der Waals surface area contributed by atoms with E-state index in [-0.39, 0.29) is 11.7 Å². The molecular formula is C10H10FNO. The van der Waals surface area contributed by atoms with E-state index in [1.807, 2.05) is 0 Å². The van der Waals surface area contributed by atoms with Gasteiger partial charge in [0, 0.05) is 17.7 Å². The molecule has 0 saturated heterocycles. The predicted octanol–water partition coefficient (Wildman–Crippen LogP) is 2.20. The van der Waals surface area contributed by atoms with Gasteiger partial charge in [-0.1, -0.05) is 6.42 Å². The number of ketones is 1. The highest BCUT2D eigenvalue weighted by Gasteiger charge is 2.26. The van der Waals surface area contributed by atoms with Crippen LogP contribution in [-0.4, -0.2) is 10.8 Å². The third kappa shape index (κ3) is 1.59. The molecule has 0 radical (unpaired) electrons. The lowest BCUT2D eigenvalue weighted by atomic mass is 9.80. The number of pyridine rings is 1. The maximum Gasteiger partial charge on any atom is 0.167 e. The summed E-state index contributed by atoms with van der Waals surface area (Å²) in [4.78, 5) is 15.2. The first kappa shape index (κ1) is 8.35. The monoisotopic (exact) mass is 179 g/mol. The third-order valence-corrected chi connectivity index (χ3v) is 2.47. The van der Waals surface area contributed by atoms with Crippen molar-refractivity contribution < 1.29 is 9.18 Å². The van der Waals surface area contributed by atoms with E-state index in [1.165, 1.54) is 12.3 Å². The summed E-state index contributed by atoms with van der Waals surface area (Å²) in [7, 11) is 0. The quantitative estimate of drug-likeness (QED) is 0.651. The summed E-state index contributed by atoms with van der Waals surface area (Å²) in [5.41, 5.74) is 0.407. The zero-order chi connectivity index (χ0) is 9.26. The van der Waals surface area contributed by atoms with Gasteiger partial charge in [-0.25, -0.2) is 4.39 Å². The molecule has 1 aromatic rings. The van der Waals surface area contributed by atoms with Crippen molar-refractivity contribution in [1.82, 2.24) is 4.98 Å². The molecule has 1 aromatic heterocycles. The first-order chi connectivity index (χ1) is 6.27. The van der Waals surface area contributed by atoms with Crippen molar-refractivity contribution in [2.75, 3.05) is 0 Å². The number of nitrogens with zero attached hydrogens (tertiary/aromatic N) is 1. The number of hydrogen-bond donors (Lipinski definition) is 0. The van der Waals surface area contributed by atoms with Crippen LogP contribution in [0.4, 0.5) is 4.39 Å². The van der Waals surface area contributed by atoms with Crippen molar-refractivity contribution in [3.63, 3.8) is 0 Å². The summed E-state index contributed by atoms with van der Waals surface area (Å²) in [6, 6.07) is 1.26. The maximum atomic E-state index is 12.7. The van der Waals surface area contributed by atoms with Crippen LogP contribution in [0.3, 0.4) is 0 Å². The Morgan fingerprint density at radius 2 is 2.23 bits per heavy atom. The highest BCUT2D eigenvalue weighted by molar-refractivity contribution is 5.97. The van der Waals surface area contributed by atoms with Crippen LogP contribution in [0.1, 0.15) is 29.6 Å². The van der Waals surface area contributed by atoms with Crippen LogP contribution in [0.2, 0.25) is 0 Å². The van der Waals surface area contributed by atoms with Crippen LogP contribution in [0.15, 0.2) is 18.5 Å². The molecule has 2 nitrogen and oxygen atoms in total. The Morgan fingerprint density at radius 3 is 2.77 bits per heavy atom. The summed E-state index contributed by atoms with van der Waals surface area (Å²) in [6.45, 7) is 0. The van der Waals surface area contributed by atoms with Gasteiger partial charge in [-0.15, -0.1) is 0 Å². The minimum Gasteiger partial charge on any atom is -0.294 e. The fourth-order valence-corrected chi connectivity index (χ4v) is 1.45. The van der Waals surface area contributed by atoms with E-state index in [9.17, 15) is 9.18 Å². The lowest BCUT2D eigenvalue weighted by molar-refractivity contribution is 0.0854. The van der Waals surface area contributed by atoms with Crippen LogP contribution >= 0.6 is 0 Å². The number of aromatic nitrogens is 1. The summed E-state index contributed by atoms with van der Waals surface area (Å²) < 4.78 is 12.7. The van der Waals surface area contributed by atoms with E-state index in [1.54, 1.807) is 0 Å². The molecule has 68 valence electrons. The number of rotatable bonds is 2. The van der Waals surface area contributed by atoms with Crippen LogP contribution in [0.5, 0.6) is 0 Å². The Balaban J connectivity index is 2.19. The lowest BCUT2D eigenvalue weighted by Crippen LogP contribution is -2.22. The fourth-order valence-electron chi connectivity index (χ4n) is 1.45. The normalized spacial score (nSPS) is 16.7. The number of halogens is 1. The van der Waals surface area contributed by atoms with Gasteiger partial charge < -0.3 is 0 Å². The first-order valence-corrected chi connectivity index (χ1v) is 4.42. The highest BCUT2D eigenvalue weighted by atomic mass is 19.1. The van der Waals surface area contributed by atoms with Gasteiger partial charge >= 0.3 is 0 Å². The molecule has 0 spiro atoms. The summed E-state index contributed by atoms with van der Waals surface area (Å²) in [5.74, 6) is -0.285. The van der Waals surface area contributed by atoms with E-state index in [0.717, 1.165) is 25.5 Å². The molecule has 1 heterocycles. The van der Waals surface area contributed by atoms with Gasteiger partial charge in [0.2, 0.25) is 0 Å². The molecule has 0 bridgehead atoms. The molecule has 1 aliphatic carbocycles. The number of carbonyl (C=O) groups is 1.